The van der Waals surface area contributed by atoms with Gasteiger partial charge in [0.25, 0.3) is 0 Å². The second-order valence-electron chi connectivity index (χ2n) is 10.7. The molecule has 1 aromatic rings. The molecule has 0 radical (unpaired) electrons. The van der Waals surface area contributed by atoms with E-state index in [0.29, 0.717) is 35.4 Å². The third kappa shape index (κ3) is 6.91. The standard InChI is InChI=1S/C25H38N4O5/c1-15-6-11-20(17-7-9-19(30)10-8-17)29(14-15)23(32)22(31)27-18-12-16(2)21(26-13-18)28-24(33)34-25(3,4)5/h12-13,15,17,19-20,30H,6-11,14H2,1-5H3,(H,27,31)(H,26,28,33)/t15-,17?,19?,20-/m0/s1. The Bertz CT molecular complexity index is 905. The molecule has 1 saturated heterocycles. The van der Waals surface area contributed by atoms with Gasteiger partial charge in [0.15, 0.2) is 0 Å². The van der Waals surface area contributed by atoms with E-state index in [9.17, 15) is 19.5 Å². The predicted octanol–water partition coefficient (Wildman–Crippen LogP) is 3.85. The Morgan fingerprint density at radius 1 is 1.09 bits per heavy atom. The number of hydrogen-bond donors (Lipinski definition) is 3. The van der Waals surface area contributed by atoms with Crippen LogP contribution in [-0.2, 0) is 14.3 Å². The summed E-state index contributed by atoms with van der Waals surface area (Å²) in [4.78, 5) is 44.0. The van der Waals surface area contributed by atoms with E-state index < -0.39 is 23.5 Å². The van der Waals surface area contributed by atoms with Crippen molar-refractivity contribution in [3.63, 3.8) is 0 Å². The quantitative estimate of drug-likeness (QED) is 0.572. The fraction of sp³-hybridized carbons (Fsp3) is 0.680. The Balaban J connectivity index is 1.64. The number of piperidine rings is 1. The molecule has 0 unspecified atom stereocenters. The van der Waals surface area contributed by atoms with Gasteiger partial charge in [0, 0.05) is 12.6 Å². The van der Waals surface area contributed by atoms with Gasteiger partial charge in [-0.25, -0.2) is 9.78 Å². The van der Waals surface area contributed by atoms with Crippen molar-refractivity contribution >= 4 is 29.4 Å². The lowest BCUT2D eigenvalue weighted by Crippen LogP contribution is -2.53. The second-order valence-corrected chi connectivity index (χ2v) is 10.7. The van der Waals surface area contributed by atoms with E-state index in [1.54, 1.807) is 38.7 Å². The van der Waals surface area contributed by atoms with Crippen molar-refractivity contribution in [2.45, 2.75) is 90.9 Å². The van der Waals surface area contributed by atoms with Crippen molar-refractivity contribution < 1.29 is 24.2 Å². The molecule has 188 valence electrons. The molecule has 9 heteroatoms. The van der Waals surface area contributed by atoms with Crippen LogP contribution in [0.5, 0.6) is 0 Å². The topological polar surface area (TPSA) is 121 Å². The molecule has 1 saturated carbocycles. The average molecular weight is 475 g/mol. The molecule has 2 fully saturated rings. The molecule has 1 aromatic heterocycles. The summed E-state index contributed by atoms with van der Waals surface area (Å²) < 4.78 is 5.24. The number of nitrogens with one attached hydrogen (secondary N) is 2. The zero-order valence-electron chi connectivity index (χ0n) is 20.9. The van der Waals surface area contributed by atoms with Crippen molar-refractivity contribution in [3.8, 4) is 0 Å². The number of aliphatic hydroxyl groups excluding tert-OH is 1. The number of hydrogen-bond acceptors (Lipinski definition) is 6. The lowest BCUT2D eigenvalue weighted by atomic mass is 9.77. The van der Waals surface area contributed by atoms with Crippen LogP contribution in [0.4, 0.5) is 16.3 Å². The number of aromatic nitrogens is 1. The van der Waals surface area contributed by atoms with Gasteiger partial charge in [-0.2, -0.15) is 0 Å². The highest BCUT2D eigenvalue weighted by atomic mass is 16.6. The molecule has 0 spiro atoms. The molecular formula is C25H38N4O5. The molecule has 3 amide bonds. The summed E-state index contributed by atoms with van der Waals surface area (Å²) in [6.45, 7) is 9.72. The van der Waals surface area contributed by atoms with E-state index in [0.717, 1.165) is 38.5 Å². The molecule has 2 atom stereocenters. The zero-order valence-corrected chi connectivity index (χ0v) is 20.9. The number of anilines is 2. The largest absolute Gasteiger partial charge is 0.444 e. The number of amides is 3. The first-order valence-corrected chi connectivity index (χ1v) is 12.2. The first kappa shape index (κ1) is 25.9. The minimum atomic E-state index is -0.691. The molecule has 1 aliphatic carbocycles. The number of pyridine rings is 1. The fourth-order valence-electron chi connectivity index (χ4n) is 4.87. The highest BCUT2D eigenvalue weighted by Gasteiger charge is 2.38. The number of ether oxygens (including phenoxy) is 1. The minimum Gasteiger partial charge on any atom is -0.444 e. The molecule has 1 aliphatic heterocycles. The average Bonchev–Trinajstić information content (AvgIpc) is 2.74. The maximum atomic E-state index is 13.2. The second kappa shape index (κ2) is 10.7. The van der Waals surface area contributed by atoms with Crippen LogP contribution in [0.25, 0.3) is 0 Å². The van der Waals surface area contributed by atoms with Gasteiger partial charge in [-0.3, -0.25) is 14.9 Å². The van der Waals surface area contributed by atoms with E-state index in [-0.39, 0.29) is 12.1 Å². The Morgan fingerprint density at radius 3 is 2.38 bits per heavy atom. The monoisotopic (exact) mass is 474 g/mol. The van der Waals surface area contributed by atoms with Crippen molar-refractivity contribution in [1.29, 1.82) is 0 Å². The van der Waals surface area contributed by atoms with Crippen LogP contribution >= 0.6 is 0 Å². The minimum absolute atomic E-state index is 0.0298. The number of aryl methyl sites for hydroxylation is 1. The first-order chi connectivity index (χ1) is 15.9. The van der Waals surface area contributed by atoms with Crippen LogP contribution < -0.4 is 10.6 Å². The molecule has 3 rings (SSSR count). The van der Waals surface area contributed by atoms with Crippen LogP contribution in [-0.4, -0.2) is 57.2 Å². The van der Waals surface area contributed by atoms with Crippen LogP contribution in [0.2, 0.25) is 0 Å². The molecule has 3 N–H and O–H groups in total. The van der Waals surface area contributed by atoms with E-state index in [2.05, 4.69) is 22.5 Å². The number of carbonyl (C=O) groups is 3. The van der Waals surface area contributed by atoms with Crippen molar-refractivity contribution in [2.75, 3.05) is 17.2 Å². The molecule has 0 bridgehead atoms. The summed E-state index contributed by atoms with van der Waals surface area (Å²) in [5.74, 6) is -0.248. The zero-order chi connectivity index (χ0) is 25.0. The van der Waals surface area contributed by atoms with Gasteiger partial charge in [0.05, 0.1) is 18.0 Å². The maximum Gasteiger partial charge on any atom is 0.413 e. The third-order valence-electron chi connectivity index (χ3n) is 6.56. The smallest absolute Gasteiger partial charge is 0.413 e. The first-order valence-electron chi connectivity index (χ1n) is 12.2. The van der Waals surface area contributed by atoms with Gasteiger partial charge in [0.1, 0.15) is 11.4 Å². The van der Waals surface area contributed by atoms with Crippen molar-refractivity contribution in [1.82, 2.24) is 9.88 Å². The lowest BCUT2D eigenvalue weighted by molar-refractivity contribution is -0.148. The van der Waals surface area contributed by atoms with E-state index >= 15 is 0 Å². The molecule has 2 aliphatic rings. The lowest BCUT2D eigenvalue weighted by Gasteiger charge is -2.44. The summed E-state index contributed by atoms with van der Waals surface area (Å²) in [5, 5.41) is 15.1. The van der Waals surface area contributed by atoms with E-state index in [1.165, 1.54) is 6.20 Å². The Kier molecular flexibility index (Phi) is 8.17. The number of likely N-dealkylation sites (tertiary alicyclic amines) is 1. The maximum absolute atomic E-state index is 13.2. The Hall–Kier alpha value is -2.68. The molecular weight excluding hydrogens is 436 g/mol. The summed E-state index contributed by atoms with van der Waals surface area (Å²) in [7, 11) is 0. The van der Waals surface area contributed by atoms with Crippen LogP contribution in [0, 0.1) is 18.8 Å². The van der Waals surface area contributed by atoms with Crippen LogP contribution in [0.1, 0.15) is 71.8 Å². The third-order valence-corrected chi connectivity index (χ3v) is 6.56. The van der Waals surface area contributed by atoms with Gasteiger partial charge in [-0.05, 0) is 89.7 Å². The Morgan fingerprint density at radius 2 is 1.76 bits per heavy atom. The van der Waals surface area contributed by atoms with Gasteiger partial charge >= 0.3 is 17.9 Å². The summed E-state index contributed by atoms with van der Waals surface area (Å²) >= 11 is 0. The molecule has 9 nitrogen and oxygen atoms in total. The number of rotatable bonds is 3. The van der Waals surface area contributed by atoms with Crippen molar-refractivity contribution in [3.05, 3.63) is 17.8 Å². The normalized spacial score (nSPS) is 25.4. The summed E-state index contributed by atoms with van der Waals surface area (Å²) in [6.07, 6.45) is 5.70. The van der Waals surface area contributed by atoms with Gasteiger partial charge in [-0.15, -0.1) is 0 Å². The van der Waals surface area contributed by atoms with Crippen LogP contribution in [0.15, 0.2) is 12.3 Å². The van der Waals surface area contributed by atoms with Crippen molar-refractivity contribution in [2.24, 2.45) is 11.8 Å². The van der Waals surface area contributed by atoms with Gasteiger partial charge in [0.2, 0.25) is 0 Å². The van der Waals surface area contributed by atoms with E-state index in [1.807, 2.05) is 0 Å². The predicted molar refractivity (Wildman–Crippen MR) is 129 cm³/mol. The number of nitrogens with zero attached hydrogens (tertiary/aromatic N) is 2. The molecule has 2 heterocycles. The molecule has 34 heavy (non-hydrogen) atoms. The van der Waals surface area contributed by atoms with Gasteiger partial charge in [-0.1, -0.05) is 6.92 Å². The molecule has 0 aromatic carbocycles. The SMILES string of the molecule is Cc1cc(NC(=O)C(=O)N2C[C@@H](C)CC[C@H]2C2CCC(O)CC2)cnc1NC(=O)OC(C)(C)C. The summed E-state index contributed by atoms with van der Waals surface area (Å²) in [6, 6.07) is 1.69. The highest BCUT2D eigenvalue weighted by Crippen LogP contribution is 2.35. The fourth-order valence-corrected chi connectivity index (χ4v) is 4.87. The highest BCUT2D eigenvalue weighted by molar-refractivity contribution is 6.39. The Labute approximate surface area is 201 Å². The van der Waals surface area contributed by atoms with Gasteiger partial charge < -0.3 is 20.1 Å². The number of carbonyl (C=O) groups excluding carboxylic acids is 3. The van der Waals surface area contributed by atoms with Crippen LogP contribution in [0.3, 0.4) is 0 Å². The summed E-state index contributed by atoms with van der Waals surface area (Å²) in [5.41, 5.74) is 0.377. The number of aliphatic hydroxyl groups is 1. The van der Waals surface area contributed by atoms with E-state index in [4.69, 9.17) is 4.74 Å².